The van der Waals surface area contributed by atoms with Gasteiger partial charge in [0.15, 0.2) is 12.2 Å². The van der Waals surface area contributed by atoms with Crippen molar-refractivity contribution in [3.63, 3.8) is 0 Å². The Labute approximate surface area is 642 Å². The van der Waals surface area contributed by atoms with Crippen LogP contribution in [0.15, 0.2) is 170 Å². The summed E-state index contributed by atoms with van der Waals surface area (Å²) in [4.78, 5) is 73.1. The van der Waals surface area contributed by atoms with Crippen LogP contribution < -0.4 is 0 Å². The van der Waals surface area contributed by atoms with Crippen LogP contribution in [0.25, 0.3) is 0 Å². The van der Waals surface area contributed by atoms with E-state index in [-0.39, 0.29) is 25.7 Å². The molecule has 0 spiro atoms. The standard InChI is InChI=1S/C87H142O17P2/c1-5-9-13-17-21-25-29-33-37-39-40-42-46-48-52-56-60-64-68-72-85(90)98-78-83(104-87(92)74-70-66-62-58-54-50-44-36-32-28-24-20-16-12-8-4)80-102-106(95,96)100-76-81(88)75-99-105(93,94)101-79-82(103-86(91)73-69-65-61-57-53-49-43-35-31-27-23-19-15-11-7-3)77-97-84(89)71-67-63-59-55-51-47-45-41-38-34-30-26-22-18-14-10-6-2/h10-11,14-15,21-28,33-38,40,42-45,47,53,55,57,59,81-83,88H,5-9,12-13,16-20,29-32,39,41,46,48-52,54,56,58,60-80H2,1-4H3,(H,93,94)(H,95,96)/b14-10-,15-11-,25-21-,26-22-,27-23-,28-24-,37-33-,38-34-,42-40-,43-35-,44-36-,47-45-,57-53-,59-55-. The predicted octanol–water partition coefficient (Wildman–Crippen LogP) is 23.8. The maximum absolute atomic E-state index is 13.1. The highest BCUT2D eigenvalue weighted by molar-refractivity contribution is 7.47. The average molecular weight is 1520 g/mol. The molecule has 5 unspecified atom stereocenters. The number of ether oxygens (including phenoxy) is 4. The van der Waals surface area contributed by atoms with Gasteiger partial charge in [0.05, 0.1) is 26.4 Å². The average Bonchev–Trinajstić information content (AvgIpc) is 0.928. The van der Waals surface area contributed by atoms with Gasteiger partial charge in [-0.05, 0) is 173 Å². The molecule has 19 heteroatoms. The van der Waals surface area contributed by atoms with E-state index in [4.69, 9.17) is 37.0 Å². The fourth-order valence-electron chi connectivity index (χ4n) is 10.0. The molecule has 0 saturated carbocycles. The van der Waals surface area contributed by atoms with Crippen molar-refractivity contribution in [1.82, 2.24) is 0 Å². The van der Waals surface area contributed by atoms with E-state index < -0.39 is 97.5 Å². The van der Waals surface area contributed by atoms with Crippen LogP contribution in [0.5, 0.6) is 0 Å². The van der Waals surface area contributed by atoms with Gasteiger partial charge in [0.2, 0.25) is 0 Å². The molecule has 0 aromatic carbocycles. The van der Waals surface area contributed by atoms with Crippen LogP contribution in [0.1, 0.15) is 297 Å². The molecule has 0 bridgehead atoms. The zero-order valence-corrected chi connectivity index (χ0v) is 67.6. The van der Waals surface area contributed by atoms with Crippen LogP contribution in [0.4, 0.5) is 0 Å². The van der Waals surface area contributed by atoms with Gasteiger partial charge in [0, 0.05) is 25.7 Å². The van der Waals surface area contributed by atoms with E-state index in [2.05, 4.69) is 186 Å². The Morgan fingerprint density at radius 2 is 0.500 bits per heavy atom. The molecule has 0 amide bonds. The van der Waals surface area contributed by atoms with Crippen molar-refractivity contribution >= 4 is 39.5 Å². The van der Waals surface area contributed by atoms with Crippen molar-refractivity contribution < 1.29 is 80.2 Å². The van der Waals surface area contributed by atoms with Crippen molar-refractivity contribution in [2.24, 2.45) is 0 Å². The fraction of sp³-hybridized carbons (Fsp3) is 0.632. The van der Waals surface area contributed by atoms with Crippen LogP contribution in [0, 0.1) is 0 Å². The molecule has 0 aliphatic carbocycles. The molecule has 0 heterocycles. The first kappa shape index (κ1) is 100. The number of allylic oxidation sites excluding steroid dienone is 28. The molecule has 106 heavy (non-hydrogen) atoms. The Hall–Kier alpha value is -5.58. The van der Waals surface area contributed by atoms with E-state index in [1.165, 1.54) is 38.5 Å². The number of phosphoric ester groups is 2. The molecular weight excluding hydrogens is 1380 g/mol. The number of unbranched alkanes of at least 4 members (excludes halogenated alkanes) is 20. The van der Waals surface area contributed by atoms with Crippen LogP contribution >= 0.6 is 15.6 Å². The van der Waals surface area contributed by atoms with Gasteiger partial charge in [0.25, 0.3) is 0 Å². The maximum atomic E-state index is 13.1. The Balaban J connectivity index is 5.48. The molecule has 0 aliphatic heterocycles. The van der Waals surface area contributed by atoms with Gasteiger partial charge < -0.3 is 33.8 Å². The highest BCUT2D eigenvalue weighted by Crippen LogP contribution is 2.45. The number of aliphatic hydroxyl groups excluding tert-OH is 1. The molecule has 602 valence electrons. The number of aliphatic hydroxyl groups is 1. The molecule has 0 fully saturated rings. The van der Waals surface area contributed by atoms with E-state index in [9.17, 15) is 43.2 Å². The number of rotatable bonds is 74. The lowest BCUT2D eigenvalue weighted by Gasteiger charge is -2.21. The second-order valence-electron chi connectivity index (χ2n) is 26.2. The third-order valence-electron chi connectivity index (χ3n) is 16.1. The third-order valence-corrected chi connectivity index (χ3v) is 18.0. The molecule has 0 aromatic heterocycles. The first-order valence-corrected chi connectivity index (χ1v) is 43.4. The van der Waals surface area contributed by atoms with Crippen molar-refractivity contribution in [2.45, 2.75) is 316 Å². The maximum Gasteiger partial charge on any atom is 0.472 e. The molecular formula is C87H142O17P2. The van der Waals surface area contributed by atoms with Gasteiger partial charge in [0.1, 0.15) is 19.3 Å². The van der Waals surface area contributed by atoms with Crippen molar-refractivity contribution in [3.05, 3.63) is 170 Å². The Kier molecular flexibility index (Phi) is 73.5. The van der Waals surface area contributed by atoms with Gasteiger partial charge in [-0.15, -0.1) is 0 Å². The molecule has 5 atom stereocenters. The van der Waals surface area contributed by atoms with Crippen LogP contribution in [-0.4, -0.2) is 96.7 Å². The van der Waals surface area contributed by atoms with Gasteiger partial charge in [-0.25, -0.2) is 9.13 Å². The smallest absolute Gasteiger partial charge is 0.462 e. The van der Waals surface area contributed by atoms with E-state index in [1.807, 2.05) is 12.2 Å². The monoisotopic (exact) mass is 1520 g/mol. The predicted molar refractivity (Wildman–Crippen MR) is 436 cm³/mol. The Morgan fingerprint density at radius 3 is 0.811 bits per heavy atom. The largest absolute Gasteiger partial charge is 0.472 e. The van der Waals surface area contributed by atoms with E-state index in [0.717, 1.165) is 167 Å². The number of esters is 4. The van der Waals surface area contributed by atoms with E-state index >= 15 is 0 Å². The van der Waals surface area contributed by atoms with Crippen molar-refractivity contribution in [2.75, 3.05) is 39.6 Å². The second-order valence-corrected chi connectivity index (χ2v) is 29.1. The molecule has 17 nitrogen and oxygen atoms in total. The normalized spacial score (nSPS) is 14.7. The molecule has 0 radical (unpaired) electrons. The highest BCUT2D eigenvalue weighted by Gasteiger charge is 2.30. The summed E-state index contributed by atoms with van der Waals surface area (Å²) in [6.45, 7) is 4.44. The van der Waals surface area contributed by atoms with Gasteiger partial charge >= 0.3 is 39.5 Å². The summed E-state index contributed by atoms with van der Waals surface area (Å²) < 4.78 is 68.5. The minimum atomic E-state index is -5.01. The fourth-order valence-corrected chi connectivity index (χ4v) is 11.6. The second kappa shape index (κ2) is 77.6. The summed E-state index contributed by atoms with van der Waals surface area (Å²) in [5.41, 5.74) is 0. The number of carbonyl (C=O) groups is 4. The van der Waals surface area contributed by atoms with E-state index in [1.54, 1.807) is 0 Å². The molecule has 0 rings (SSSR count). The lowest BCUT2D eigenvalue weighted by Crippen LogP contribution is -2.30. The number of phosphoric acid groups is 2. The number of hydrogen-bond acceptors (Lipinski definition) is 15. The van der Waals surface area contributed by atoms with Crippen LogP contribution in [0.3, 0.4) is 0 Å². The topological polar surface area (TPSA) is 237 Å². The first-order valence-electron chi connectivity index (χ1n) is 40.4. The van der Waals surface area contributed by atoms with Crippen molar-refractivity contribution in [1.29, 1.82) is 0 Å². The molecule has 0 aliphatic rings. The zero-order valence-electron chi connectivity index (χ0n) is 65.8. The minimum absolute atomic E-state index is 0.0238. The zero-order chi connectivity index (χ0) is 77.4. The lowest BCUT2D eigenvalue weighted by molar-refractivity contribution is -0.161. The Morgan fingerprint density at radius 1 is 0.274 bits per heavy atom. The highest BCUT2D eigenvalue weighted by atomic mass is 31.2. The van der Waals surface area contributed by atoms with Gasteiger partial charge in [-0.3, -0.25) is 37.3 Å². The first-order chi connectivity index (χ1) is 51.7. The molecule has 0 aromatic rings. The molecule has 3 N–H and O–H groups in total. The van der Waals surface area contributed by atoms with Crippen LogP contribution in [0.2, 0.25) is 0 Å². The SMILES string of the molecule is CC/C=C\C/C=C\C/C=C\C/C=C\C/C=C\CCCC(=O)OCC(COP(=O)(O)OCC(O)COP(=O)(O)OCC(COC(=O)CCCCCCCC/C=C\C/C=C\C/C=C\CCCCC)OC(=O)CCCCCCC/C=C\C/C=C\CCCCC)OC(=O)CCCC/C=C\C/C=C\C/C=C\C/C=C\CC. The summed E-state index contributed by atoms with van der Waals surface area (Å²) >= 11 is 0. The quantitative estimate of drug-likeness (QED) is 0.0169. The summed E-state index contributed by atoms with van der Waals surface area (Å²) in [6.07, 6.45) is 92.0. The van der Waals surface area contributed by atoms with Crippen LogP contribution in [-0.2, 0) is 65.4 Å². The lowest BCUT2D eigenvalue weighted by atomic mass is 10.1. The van der Waals surface area contributed by atoms with E-state index in [0.29, 0.717) is 38.5 Å². The summed E-state index contributed by atoms with van der Waals surface area (Å²) in [7, 11) is -10.0. The Bertz CT molecular complexity index is 2680. The van der Waals surface area contributed by atoms with Gasteiger partial charge in [-0.2, -0.15) is 0 Å². The summed E-state index contributed by atoms with van der Waals surface area (Å²) in [5, 5.41) is 10.6. The number of carbonyl (C=O) groups excluding carboxylic acids is 4. The van der Waals surface area contributed by atoms with Gasteiger partial charge in [-0.1, -0.05) is 268 Å². The minimum Gasteiger partial charge on any atom is -0.462 e. The van der Waals surface area contributed by atoms with Crippen molar-refractivity contribution in [3.8, 4) is 0 Å². The number of hydrogen-bond donors (Lipinski definition) is 3. The summed E-state index contributed by atoms with van der Waals surface area (Å²) in [6, 6.07) is 0. The summed E-state index contributed by atoms with van der Waals surface area (Å²) in [5.74, 6) is -2.33. The molecule has 0 saturated heterocycles. The third kappa shape index (κ3) is 76.6.